The van der Waals surface area contributed by atoms with E-state index >= 15 is 0 Å². The van der Waals surface area contributed by atoms with Crippen LogP contribution in [0, 0.1) is 0 Å². The molecule has 0 amide bonds. The Kier molecular flexibility index (Phi) is 4.18. The molecule has 0 saturated carbocycles. The molecule has 2 atom stereocenters. The second-order valence-corrected chi connectivity index (χ2v) is 4.74. The average molecular weight is 261 g/mol. The first kappa shape index (κ1) is 13.7. The van der Waals surface area contributed by atoms with Gasteiger partial charge in [-0.1, -0.05) is 5.16 Å². The van der Waals surface area contributed by atoms with Crippen LogP contribution in [0.3, 0.4) is 0 Å². The van der Waals surface area contributed by atoms with Gasteiger partial charge in [0.25, 0.3) is 0 Å². The van der Waals surface area contributed by atoms with E-state index in [1.807, 2.05) is 0 Å². The summed E-state index contributed by atoms with van der Waals surface area (Å²) in [6.45, 7) is 4.33. The molecule has 2 aliphatic rings. The molecule has 0 unspecified atom stereocenters. The monoisotopic (exact) mass is 261 g/mol. The average Bonchev–Trinajstić information content (AvgIpc) is 2.92. The summed E-state index contributed by atoms with van der Waals surface area (Å²) >= 11 is 0. The van der Waals surface area contributed by atoms with Gasteiger partial charge in [0.05, 0.1) is 25.5 Å². The Labute approximate surface area is 105 Å². The molecule has 7 heteroatoms. The van der Waals surface area contributed by atoms with Crippen LogP contribution in [0.4, 0.5) is 0 Å². The summed E-state index contributed by atoms with van der Waals surface area (Å²) in [7, 11) is 0. The molecule has 2 heterocycles. The highest BCUT2D eigenvalue weighted by molar-refractivity contribution is 5.89. The highest BCUT2D eigenvalue weighted by atomic mass is 16.8. The molecule has 0 bridgehead atoms. The van der Waals surface area contributed by atoms with Gasteiger partial charge < -0.3 is 29.3 Å². The lowest BCUT2D eigenvalue weighted by Crippen LogP contribution is -2.36. The van der Waals surface area contributed by atoms with E-state index in [1.165, 1.54) is 0 Å². The third-order valence-corrected chi connectivity index (χ3v) is 2.89. The van der Waals surface area contributed by atoms with Gasteiger partial charge in [-0.15, -0.1) is 0 Å². The SMILES string of the molecule is CC1(C)O[C@@H](CO)[C@H](C(CC2OCCO2)=NO)O1. The first-order chi connectivity index (χ1) is 8.55. The van der Waals surface area contributed by atoms with Gasteiger partial charge in [-0.2, -0.15) is 0 Å². The predicted molar refractivity (Wildman–Crippen MR) is 60.4 cm³/mol. The maximum absolute atomic E-state index is 9.27. The van der Waals surface area contributed by atoms with Crippen LogP contribution < -0.4 is 0 Å². The molecule has 0 aliphatic carbocycles. The number of hydrogen-bond acceptors (Lipinski definition) is 7. The van der Waals surface area contributed by atoms with E-state index in [0.717, 1.165) is 0 Å². The molecule has 18 heavy (non-hydrogen) atoms. The molecule has 7 nitrogen and oxygen atoms in total. The van der Waals surface area contributed by atoms with Crippen molar-refractivity contribution in [3.8, 4) is 0 Å². The summed E-state index contributed by atoms with van der Waals surface area (Å²) in [4.78, 5) is 0. The van der Waals surface area contributed by atoms with Crippen LogP contribution in [0.2, 0.25) is 0 Å². The van der Waals surface area contributed by atoms with Crippen LogP contribution >= 0.6 is 0 Å². The zero-order valence-electron chi connectivity index (χ0n) is 10.5. The number of hydrogen-bond donors (Lipinski definition) is 2. The lowest BCUT2D eigenvalue weighted by molar-refractivity contribution is -0.145. The molecule has 2 rings (SSSR count). The molecular weight excluding hydrogens is 242 g/mol. The molecule has 0 spiro atoms. The number of nitrogens with zero attached hydrogens (tertiary/aromatic N) is 1. The van der Waals surface area contributed by atoms with Crippen molar-refractivity contribution in [1.29, 1.82) is 0 Å². The van der Waals surface area contributed by atoms with Crippen molar-refractivity contribution in [3.05, 3.63) is 0 Å². The van der Waals surface area contributed by atoms with E-state index in [1.54, 1.807) is 13.8 Å². The van der Waals surface area contributed by atoms with Crippen molar-refractivity contribution in [2.24, 2.45) is 5.16 Å². The summed E-state index contributed by atoms with van der Waals surface area (Å²) in [5, 5.41) is 21.6. The van der Waals surface area contributed by atoms with Crippen molar-refractivity contribution in [2.45, 2.75) is 44.6 Å². The summed E-state index contributed by atoms with van der Waals surface area (Å²) in [6.07, 6.45) is -1.28. The van der Waals surface area contributed by atoms with Crippen molar-refractivity contribution in [2.75, 3.05) is 19.8 Å². The predicted octanol–water partition coefficient (Wildman–Crippen LogP) is 0.0920. The number of aliphatic hydroxyl groups excluding tert-OH is 1. The molecule has 0 aromatic heterocycles. The van der Waals surface area contributed by atoms with E-state index in [0.29, 0.717) is 18.9 Å². The first-order valence-electron chi connectivity index (χ1n) is 5.96. The van der Waals surface area contributed by atoms with Crippen molar-refractivity contribution in [3.63, 3.8) is 0 Å². The fraction of sp³-hybridized carbons (Fsp3) is 0.909. The Balaban J connectivity index is 2.02. The zero-order valence-corrected chi connectivity index (χ0v) is 10.5. The number of rotatable bonds is 4. The highest BCUT2D eigenvalue weighted by Crippen LogP contribution is 2.30. The summed E-state index contributed by atoms with van der Waals surface area (Å²) in [5.74, 6) is -0.814. The largest absolute Gasteiger partial charge is 0.411 e. The molecule has 2 N–H and O–H groups in total. The summed E-state index contributed by atoms with van der Waals surface area (Å²) in [5.41, 5.74) is 0.353. The van der Waals surface area contributed by atoms with Crippen LogP contribution in [0.5, 0.6) is 0 Å². The van der Waals surface area contributed by atoms with Crippen LogP contribution in [-0.2, 0) is 18.9 Å². The van der Waals surface area contributed by atoms with Gasteiger partial charge in [0.2, 0.25) is 0 Å². The van der Waals surface area contributed by atoms with Crippen molar-refractivity contribution in [1.82, 2.24) is 0 Å². The van der Waals surface area contributed by atoms with E-state index in [4.69, 9.17) is 24.2 Å². The minimum absolute atomic E-state index is 0.209. The maximum atomic E-state index is 9.27. The second-order valence-electron chi connectivity index (χ2n) is 4.74. The number of ether oxygens (including phenoxy) is 4. The third-order valence-electron chi connectivity index (χ3n) is 2.89. The highest BCUT2D eigenvalue weighted by Gasteiger charge is 2.44. The minimum Gasteiger partial charge on any atom is -0.411 e. The van der Waals surface area contributed by atoms with Gasteiger partial charge in [0, 0.05) is 6.42 Å². The van der Waals surface area contributed by atoms with Gasteiger partial charge >= 0.3 is 0 Å². The Morgan fingerprint density at radius 3 is 2.50 bits per heavy atom. The quantitative estimate of drug-likeness (QED) is 0.423. The Morgan fingerprint density at radius 2 is 1.94 bits per heavy atom. The van der Waals surface area contributed by atoms with Gasteiger partial charge in [-0.05, 0) is 13.8 Å². The molecule has 2 aliphatic heterocycles. The number of aliphatic hydroxyl groups is 1. The van der Waals surface area contributed by atoms with Gasteiger partial charge in [-0.25, -0.2) is 0 Å². The van der Waals surface area contributed by atoms with E-state index < -0.39 is 24.3 Å². The standard InChI is InChI=1S/C11H19NO6/c1-11(2)17-8(6-13)10(18-11)7(12-14)5-9-15-3-4-16-9/h8-10,13-14H,3-6H2,1-2H3/t8-,10-/m0/s1. The topological polar surface area (TPSA) is 89.7 Å². The Morgan fingerprint density at radius 1 is 1.28 bits per heavy atom. The van der Waals surface area contributed by atoms with Gasteiger partial charge in [0.1, 0.15) is 12.2 Å². The summed E-state index contributed by atoms with van der Waals surface area (Å²) in [6, 6.07) is 0. The molecule has 2 saturated heterocycles. The second kappa shape index (κ2) is 5.50. The first-order valence-corrected chi connectivity index (χ1v) is 5.96. The molecule has 0 radical (unpaired) electrons. The molecular formula is C11H19NO6. The zero-order chi connectivity index (χ0) is 13.2. The molecule has 104 valence electrons. The van der Waals surface area contributed by atoms with Crippen LogP contribution in [-0.4, -0.2) is 60.1 Å². The Hall–Kier alpha value is -0.730. The fourth-order valence-corrected chi connectivity index (χ4v) is 2.16. The minimum atomic E-state index is -0.814. The van der Waals surface area contributed by atoms with Crippen LogP contribution in [0.1, 0.15) is 20.3 Å². The third kappa shape index (κ3) is 2.99. The Bertz CT molecular complexity index is 313. The normalized spacial score (nSPS) is 33.2. The van der Waals surface area contributed by atoms with Crippen LogP contribution in [0.25, 0.3) is 0 Å². The van der Waals surface area contributed by atoms with Gasteiger partial charge in [0.15, 0.2) is 12.1 Å². The molecule has 0 aromatic rings. The fourth-order valence-electron chi connectivity index (χ4n) is 2.16. The molecule has 2 fully saturated rings. The van der Waals surface area contributed by atoms with E-state index in [-0.39, 0.29) is 13.0 Å². The lowest BCUT2D eigenvalue weighted by atomic mass is 10.1. The smallest absolute Gasteiger partial charge is 0.164 e. The van der Waals surface area contributed by atoms with E-state index in [2.05, 4.69) is 5.16 Å². The number of oxime groups is 1. The maximum Gasteiger partial charge on any atom is 0.164 e. The lowest BCUT2D eigenvalue weighted by Gasteiger charge is -2.18. The van der Waals surface area contributed by atoms with Crippen molar-refractivity contribution >= 4 is 5.71 Å². The van der Waals surface area contributed by atoms with Crippen molar-refractivity contribution < 1.29 is 29.3 Å². The summed E-state index contributed by atoms with van der Waals surface area (Å²) < 4.78 is 21.7. The van der Waals surface area contributed by atoms with E-state index in [9.17, 15) is 5.11 Å². The van der Waals surface area contributed by atoms with Crippen LogP contribution in [0.15, 0.2) is 5.16 Å². The van der Waals surface area contributed by atoms with Gasteiger partial charge in [-0.3, -0.25) is 0 Å². The molecule has 0 aromatic carbocycles.